The summed E-state index contributed by atoms with van der Waals surface area (Å²) in [5, 5.41) is 19.6. The molecular formula is C11H14F2N2O5S. The minimum atomic E-state index is -4.41. The predicted molar refractivity (Wildman–Crippen MR) is 69.1 cm³/mol. The third-order valence-corrected chi connectivity index (χ3v) is 4.07. The zero-order chi connectivity index (χ0) is 16.4. The number of aliphatic hydroxyl groups excluding tert-OH is 1. The topological polar surface area (TPSA) is 110 Å². The molecule has 0 fully saturated rings. The van der Waals surface area contributed by atoms with Crippen LogP contribution in [0.2, 0.25) is 0 Å². The second kappa shape index (κ2) is 6.00. The molecule has 2 N–H and O–H groups in total. The van der Waals surface area contributed by atoms with Gasteiger partial charge in [0.1, 0.15) is 10.7 Å². The van der Waals surface area contributed by atoms with Gasteiger partial charge in [0.15, 0.2) is 0 Å². The number of hydrogen-bond acceptors (Lipinski definition) is 5. The Labute approximate surface area is 119 Å². The van der Waals surface area contributed by atoms with Crippen LogP contribution < -0.4 is 4.72 Å². The van der Waals surface area contributed by atoms with Gasteiger partial charge in [-0.1, -0.05) is 13.8 Å². The largest absolute Gasteiger partial charge is 0.396 e. The van der Waals surface area contributed by atoms with Crippen LogP contribution in [0.25, 0.3) is 0 Å². The number of aliphatic hydroxyl groups is 1. The fourth-order valence-corrected chi connectivity index (χ4v) is 2.61. The number of nitro benzene ring substituents is 1. The normalized spacial score (nSPS) is 12.4. The number of rotatable bonds is 6. The Kier molecular flexibility index (Phi) is 4.97. The molecule has 0 bridgehead atoms. The molecule has 0 aliphatic rings. The summed E-state index contributed by atoms with van der Waals surface area (Å²) in [6, 6.07) is 0.461. The van der Waals surface area contributed by atoms with Crippen LogP contribution in [0.4, 0.5) is 14.5 Å². The SMILES string of the molecule is CC(C)(CO)CNS(=O)(=O)c1cc([N+](=O)[O-])c(F)cc1F. The number of sulfonamides is 1. The van der Waals surface area contributed by atoms with Crippen LogP contribution in [0.1, 0.15) is 13.8 Å². The second-order valence-electron chi connectivity index (χ2n) is 5.14. The van der Waals surface area contributed by atoms with Gasteiger partial charge in [-0.3, -0.25) is 10.1 Å². The smallest absolute Gasteiger partial charge is 0.306 e. The first-order valence-corrected chi connectivity index (χ1v) is 7.22. The van der Waals surface area contributed by atoms with Crippen molar-refractivity contribution in [3.05, 3.63) is 33.9 Å². The van der Waals surface area contributed by atoms with E-state index in [-0.39, 0.29) is 19.2 Å². The summed E-state index contributed by atoms with van der Waals surface area (Å²) in [4.78, 5) is 8.40. The summed E-state index contributed by atoms with van der Waals surface area (Å²) in [6.07, 6.45) is 0. The summed E-state index contributed by atoms with van der Waals surface area (Å²) in [5.41, 5.74) is -1.95. The van der Waals surface area contributed by atoms with E-state index in [1.54, 1.807) is 13.8 Å². The fraction of sp³-hybridized carbons (Fsp3) is 0.455. The maximum absolute atomic E-state index is 13.6. The number of nitrogens with one attached hydrogen (secondary N) is 1. The Morgan fingerprint density at radius 3 is 2.38 bits per heavy atom. The van der Waals surface area contributed by atoms with Crippen LogP contribution in [0, 0.1) is 27.2 Å². The van der Waals surface area contributed by atoms with Gasteiger partial charge in [-0.15, -0.1) is 0 Å². The standard InChI is InChI=1S/C11H14F2N2O5S/c1-11(2,6-16)5-14-21(19,20)10-4-9(15(17)18)7(12)3-8(10)13/h3-4,14,16H,5-6H2,1-2H3. The summed E-state index contributed by atoms with van der Waals surface area (Å²) < 4.78 is 52.6. The van der Waals surface area contributed by atoms with Gasteiger partial charge in [-0.05, 0) is 0 Å². The van der Waals surface area contributed by atoms with E-state index in [1.807, 2.05) is 4.72 Å². The fourth-order valence-electron chi connectivity index (χ4n) is 1.29. The first kappa shape index (κ1) is 17.4. The van der Waals surface area contributed by atoms with Crippen molar-refractivity contribution in [2.24, 2.45) is 5.41 Å². The van der Waals surface area contributed by atoms with Crippen molar-refractivity contribution in [3.8, 4) is 0 Å². The van der Waals surface area contributed by atoms with Crippen molar-refractivity contribution in [1.29, 1.82) is 0 Å². The van der Waals surface area contributed by atoms with E-state index in [1.165, 1.54) is 0 Å². The van der Waals surface area contributed by atoms with Crippen LogP contribution in [-0.2, 0) is 10.0 Å². The van der Waals surface area contributed by atoms with Gasteiger partial charge in [0.05, 0.1) is 4.92 Å². The van der Waals surface area contributed by atoms with Crippen LogP contribution >= 0.6 is 0 Å². The van der Waals surface area contributed by atoms with Crippen molar-refractivity contribution in [2.45, 2.75) is 18.7 Å². The van der Waals surface area contributed by atoms with Crippen LogP contribution in [0.3, 0.4) is 0 Å². The molecule has 1 aromatic rings. The van der Waals surface area contributed by atoms with Crippen LogP contribution in [0.15, 0.2) is 17.0 Å². The molecule has 0 unspecified atom stereocenters. The summed E-state index contributed by atoms with van der Waals surface area (Å²) in [6.45, 7) is 2.55. The highest BCUT2D eigenvalue weighted by Crippen LogP contribution is 2.25. The van der Waals surface area contributed by atoms with Crippen molar-refractivity contribution in [2.75, 3.05) is 13.2 Å². The summed E-state index contributed by atoms with van der Waals surface area (Å²) in [5.74, 6) is -2.90. The lowest BCUT2D eigenvalue weighted by atomic mass is 9.96. The van der Waals surface area contributed by atoms with Crippen LogP contribution in [-0.4, -0.2) is 31.6 Å². The molecule has 7 nitrogen and oxygen atoms in total. The third kappa shape index (κ3) is 4.16. The van der Waals surface area contributed by atoms with Crippen molar-refractivity contribution < 1.29 is 27.2 Å². The molecule has 0 amide bonds. The Morgan fingerprint density at radius 1 is 1.33 bits per heavy atom. The Balaban J connectivity index is 3.20. The minimum absolute atomic E-state index is 0.143. The minimum Gasteiger partial charge on any atom is -0.396 e. The van der Waals surface area contributed by atoms with Crippen molar-refractivity contribution >= 4 is 15.7 Å². The van der Waals surface area contributed by atoms with E-state index in [0.29, 0.717) is 6.07 Å². The predicted octanol–water partition coefficient (Wildman–Crippen LogP) is 1.17. The highest BCUT2D eigenvalue weighted by molar-refractivity contribution is 7.89. The monoisotopic (exact) mass is 324 g/mol. The average Bonchev–Trinajstić information content (AvgIpc) is 2.36. The highest BCUT2D eigenvalue weighted by Gasteiger charge is 2.28. The van der Waals surface area contributed by atoms with Gasteiger partial charge in [0.25, 0.3) is 0 Å². The zero-order valence-electron chi connectivity index (χ0n) is 11.3. The van der Waals surface area contributed by atoms with Gasteiger partial charge >= 0.3 is 5.69 Å². The molecule has 0 spiro atoms. The zero-order valence-corrected chi connectivity index (χ0v) is 12.1. The first-order chi connectivity index (χ1) is 9.50. The van der Waals surface area contributed by atoms with E-state index >= 15 is 0 Å². The van der Waals surface area contributed by atoms with E-state index < -0.39 is 42.6 Å². The van der Waals surface area contributed by atoms with Gasteiger partial charge in [0, 0.05) is 30.7 Å². The lowest BCUT2D eigenvalue weighted by molar-refractivity contribution is -0.387. The van der Waals surface area contributed by atoms with E-state index in [2.05, 4.69) is 0 Å². The molecule has 0 atom stereocenters. The molecule has 0 aliphatic heterocycles. The lowest BCUT2D eigenvalue weighted by Gasteiger charge is -2.21. The third-order valence-electron chi connectivity index (χ3n) is 2.66. The molecule has 10 heteroatoms. The molecule has 21 heavy (non-hydrogen) atoms. The highest BCUT2D eigenvalue weighted by atomic mass is 32.2. The molecule has 1 rings (SSSR count). The van der Waals surface area contributed by atoms with E-state index in [9.17, 15) is 27.3 Å². The molecular weight excluding hydrogens is 310 g/mol. The first-order valence-electron chi connectivity index (χ1n) is 5.74. The Bertz CT molecular complexity index is 661. The Hall–Kier alpha value is -1.65. The molecule has 0 aliphatic carbocycles. The number of benzene rings is 1. The van der Waals surface area contributed by atoms with E-state index in [4.69, 9.17) is 5.11 Å². The molecule has 0 radical (unpaired) electrons. The quantitative estimate of drug-likeness (QED) is 0.603. The molecule has 0 heterocycles. The van der Waals surface area contributed by atoms with Gasteiger partial charge in [-0.25, -0.2) is 17.5 Å². The maximum atomic E-state index is 13.6. The maximum Gasteiger partial charge on any atom is 0.306 e. The van der Waals surface area contributed by atoms with Crippen LogP contribution in [0.5, 0.6) is 0 Å². The molecule has 0 saturated heterocycles. The summed E-state index contributed by atoms with van der Waals surface area (Å²) >= 11 is 0. The lowest BCUT2D eigenvalue weighted by Crippen LogP contribution is -2.36. The van der Waals surface area contributed by atoms with Gasteiger partial charge < -0.3 is 5.11 Å². The van der Waals surface area contributed by atoms with Gasteiger partial charge in [-0.2, -0.15) is 4.39 Å². The molecule has 118 valence electrons. The van der Waals surface area contributed by atoms with Crippen molar-refractivity contribution in [1.82, 2.24) is 4.72 Å². The average molecular weight is 324 g/mol. The number of nitrogens with zero attached hydrogens (tertiary/aromatic N) is 1. The van der Waals surface area contributed by atoms with Crippen molar-refractivity contribution in [3.63, 3.8) is 0 Å². The van der Waals surface area contributed by atoms with Gasteiger partial charge in [0.2, 0.25) is 15.8 Å². The Morgan fingerprint density at radius 2 is 1.90 bits per heavy atom. The number of halogens is 2. The van der Waals surface area contributed by atoms with E-state index in [0.717, 1.165) is 0 Å². The molecule has 1 aromatic carbocycles. The molecule has 0 saturated carbocycles. The number of nitro groups is 1. The number of hydrogen-bond donors (Lipinski definition) is 2. The summed E-state index contributed by atoms with van der Waals surface area (Å²) in [7, 11) is -4.41. The molecule has 0 aromatic heterocycles. The second-order valence-corrected chi connectivity index (χ2v) is 6.87.